The summed E-state index contributed by atoms with van der Waals surface area (Å²) < 4.78 is 0.867. The molecule has 2 heterocycles. The highest BCUT2D eigenvalue weighted by molar-refractivity contribution is 7.16. The molecule has 0 saturated heterocycles. The zero-order chi connectivity index (χ0) is 12.4. The summed E-state index contributed by atoms with van der Waals surface area (Å²) >= 11 is 7.66. The first-order valence-corrected chi connectivity index (χ1v) is 7.34. The Kier molecular flexibility index (Phi) is 3.43. The molecule has 1 N–H and O–H groups in total. The standard InChI is InChI=1S/C14H15ClN2S/c15-14-7-6-11(18-14)10-17-9-3-8-16-12-4-1-2-5-13(12)17/h1-2,4-7,16H,3,8-10H2. The Labute approximate surface area is 116 Å². The van der Waals surface area contributed by atoms with Crippen LogP contribution in [0, 0.1) is 0 Å². The second-order valence-electron chi connectivity index (χ2n) is 4.42. The van der Waals surface area contributed by atoms with Crippen LogP contribution in [0.4, 0.5) is 11.4 Å². The van der Waals surface area contributed by atoms with E-state index in [1.54, 1.807) is 11.3 Å². The monoisotopic (exact) mass is 278 g/mol. The van der Waals surface area contributed by atoms with E-state index in [0.29, 0.717) is 0 Å². The lowest BCUT2D eigenvalue weighted by atomic mass is 10.2. The highest BCUT2D eigenvalue weighted by Crippen LogP contribution is 2.31. The number of rotatable bonds is 2. The second kappa shape index (κ2) is 5.21. The van der Waals surface area contributed by atoms with Gasteiger partial charge >= 0.3 is 0 Å². The summed E-state index contributed by atoms with van der Waals surface area (Å²) in [6.07, 6.45) is 1.16. The molecule has 0 radical (unpaired) electrons. The van der Waals surface area contributed by atoms with Gasteiger partial charge in [0.25, 0.3) is 0 Å². The van der Waals surface area contributed by atoms with Crippen molar-refractivity contribution in [3.8, 4) is 0 Å². The zero-order valence-corrected chi connectivity index (χ0v) is 11.6. The number of hydrogen-bond donors (Lipinski definition) is 1. The van der Waals surface area contributed by atoms with E-state index in [-0.39, 0.29) is 0 Å². The fourth-order valence-electron chi connectivity index (χ4n) is 2.30. The second-order valence-corrected chi connectivity index (χ2v) is 6.22. The number of fused-ring (bicyclic) bond motifs is 1. The smallest absolute Gasteiger partial charge is 0.0931 e. The van der Waals surface area contributed by atoms with E-state index in [4.69, 9.17) is 11.6 Å². The van der Waals surface area contributed by atoms with Gasteiger partial charge in [-0.05, 0) is 30.7 Å². The van der Waals surface area contributed by atoms with Crippen LogP contribution in [0.15, 0.2) is 36.4 Å². The van der Waals surface area contributed by atoms with Crippen molar-refractivity contribution in [2.75, 3.05) is 23.3 Å². The molecule has 0 unspecified atom stereocenters. The van der Waals surface area contributed by atoms with Crippen molar-refractivity contribution in [1.82, 2.24) is 0 Å². The van der Waals surface area contributed by atoms with Gasteiger partial charge in [-0.15, -0.1) is 11.3 Å². The predicted molar refractivity (Wildman–Crippen MR) is 79.9 cm³/mol. The molecule has 0 saturated carbocycles. The first-order valence-electron chi connectivity index (χ1n) is 6.15. The highest BCUT2D eigenvalue weighted by Gasteiger charge is 2.15. The van der Waals surface area contributed by atoms with Crippen molar-refractivity contribution in [1.29, 1.82) is 0 Å². The van der Waals surface area contributed by atoms with Crippen LogP contribution in [-0.4, -0.2) is 13.1 Å². The van der Waals surface area contributed by atoms with Crippen molar-refractivity contribution in [3.05, 3.63) is 45.6 Å². The molecule has 2 nitrogen and oxygen atoms in total. The third-order valence-corrected chi connectivity index (χ3v) is 4.36. The van der Waals surface area contributed by atoms with E-state index in [0.717, 1.165) is 30.4 Å². The van der Waals surface area contributed by atoms with Gasteiger partial charge < -0.3 is 10.2 Å². The van der Waals surface area contributed by atoms with Crippen molar-refractivity contribution in [3.63, 3.8) is 0 Å². The molecule has 0 fully saturated rings. The summed E-state index contributed by atoms with van der Waals surface area (Å²) in [5.74, 6) is 0. The Morgan fingerprint density at radius 3 is 2.94 bits per heavy atom. The van der Waals surface area contributed by atoms with E-state index in [1.165, 1.54) is 16.3 Å². The lowest BCUT2D eigenvalue weighted by Gasteiger charge is -2.23. The summed E-state index contributed by atoms with van der Waals surface area (Å²) in [6, 6.07) is 12.6. The topological polar surface area (TPSA) is 15.3 Å². The van der Waals surface area contributed by atoms with Gasteiger partial charge in [-0.3, -0.25) is 0 Å². The Hall–Kier alpha value is -1.19. The zero-order valence-electron chi connectivity index (χ0n) is 10.0. The van der Waals surface area contributed by atoms with E-state index < -0.39 is 0 Å². The molecule has 0 atom stereocenters. The van der Waals surface area contributed by atoms with Crippen LogP contribution >= 0.6 is 22.9 Å². The van der Waals surface area contributed by atoms with Crippen LogP contribution in [-0.2, 0) is 6.54 Å². The maximum atomic E-state index is 6.00. The molecule has 2 aromatic rings. The molecule has 1 aliphatic rings. The first-order chi connectivity index (χ1) is 8.83. The largest absolute Gasteiger partial charge is 0.383 e. The normalized spacial score (nSPS) is 14.8. The van der Waals surface area contributed by atoms with Crippen LogP contribution in [0.5, 0.6) is 0 Å². The number of anilines is 2. The molecule has 1 aromatic carbocycles. The number of nitrogens with one attached hydrogen (secondary N) is 1. The predicted octanol–water partition coefficient (Wildman–Crippen LogP) is 4.22. The van der Waals surface area contributed by atoms with Gasteiger partial charge in [0.05, 0.1) is 22.3 Å². The number of halogens is 1. The molecular weight excluding hydrogens is 264 g/mol. The van der Waals surface area contributed by atoms with Crippen LogP contribution < -0.4 is 10.2 Å². The number of hydrogen-bond acceptors (Lipinski definition) is 3. The summed E-state index contributed by atoms with van der Waals surface area (Å²) in [7, 11) is 0. The summed E-state index contributed by atoms with van der Waals surface area (Å²) in [6.45, 7) is 3.06. The first kappa shape index (κ1) is 11.9. The molecule has 18 heavy (non-hydrogen) atoms. The Bertz CT molecular complexity index is 538. The maximum Gasteiger partial charge on any atom is 0.0931 e. The van der Waals surface area contributed by atoms with E-state index in [2.05, 4.69) is 40.5 Å². The van der Waals surface area contributed by atoms with Crippen LogP contribution in [0.2, 0.25) is 4.34 Å². The Morgan fingerprint density at radius 1 is 1.22 bits per heavy atom. The van der Waals surface area contributed by atoms with Crippen molar-refractivity contribution < 1.29 is 0 Å². The Morgan fingerprint density at radius 2 is 2.11 bits per heavy atom. The summed E-state index contributed by atoms with van der Waals surface area (Å²) in [5, 5.41) is 3.48. The molecule has 1 aromatic heterocycles. The number of thiophene rings is 1. The minimum absolute atomic E-state index is 0.867. The SMILES string of the molecule is Clc1ccc(CN2CCCNc3ccccc32)s1. The quantitative estimate of drug-likeness (QED) is 0.885. The molecule has 0 bridgehead atoms. The lowest BCUT2D eigenvalue weighted by Crippen LogP contribution is -2.22. The minimum Gasteiger partial charge on any atom is -0.383 e. The van der Waals surface area contributed by atoms with E-state index in [9.17, 15) is 0 Å². The fourth-order valence-corrected chi connectivity index (χ4v) is 3.40. The van der Waals surface area contributed by atoms with Gasteiger partial charge in [0, 0.05) is 18.0 Å². The molecule has 0 aliphatic carbocycles. The van der Waals surface area contributed by atoms with E-state index >= 15 is 0 Å². The number of nitrogens with zero attached hydrogens (tertiary/aromatic N) is 1. The van der Waals surface area contributed by atoms with Crippen molar-refractivity contribution in [2.24, 2.45) is 0 Å². The van der Waals surface area contributed by atoms with Gasteiger partial charge in [0.1, 0.15) is 0 Å². The molecule has 4 heteroatoms. The third-order valence-electron chi connectivity index (χ3n) is 3.14. The van der Waals surface area contributed by atoms with Crippen molar-refractivity contribution >= 4 is 34.3 Å². The van der Waals surface area contributed by atoms with Gasteiger partial charge in [-0.2, -0.15) is 0 Å². The molecule has 1 aliphatic heterocycles. The summed E-state index contributed by atoms with van der Waals surface area (Å²) in [4.78, 5) is 3.74. The average molecular weight is 279 g/mol. The Balaban J connectivity index is 1.87. The van der Waals surface area contributed by atoms with Gasteiger partial charge in [0.2, 0.25) is 0 Å². The minimum atomic E-state index is 0.867. The molecular formula is C14H15ClN2S. The lowest BCUT2D eigenvalue weighted by molar-refractivity contribution is 0.770. The third kappa shape index (κ3) is 2.47. The number of benzene rings is 1. The average Bonchev–Trinajstić information content (AvgIpc) is 2.68. The molecule has 0 amide bonds. The molecule has 94 valence electrons. The van der Waals surface area contributed by atoms with Crippen LogP contribution in [0.1, 0.15) is 11.3 Å². The van der Waals surface area contributed by atoms with Gasteiger partial charge in [-0.1, -0.05) is 23.7 Å². The highest BCUT2D eigenvalue weighted by atomic mass is 35.5. The summed E-state index contributed by atoms with van der Waals surface area (Å²) in [5.41, 5.74) is 2.53. The molecule has 3 rings (SSSR count). The van der Waals surface area contributed by atoms with Crippen LogP contribution in [0.3, 0.4) is 0 Å². The van der Waals surface area contributed by atoms with Crippen molar-refractivity contribution in [2.45, 2.75) is 13.0 Å². The van der Waals surface area contributed by atoms with E-state index in [1.807, 2.05) is 6.07 Å². The maximum absolute atomic E-state index is 6.00. The van der Waals surface area contributed by atoms with Gasteiger partial charge in [0.15, 0.2) is 0 Å². The van der Waals surface area contributed by atoms with Crippen LogP contribution in [0.25, 0.3) is 0 Å². The molecule has 0 spiro atoms. The van der Waals surface area contributed by atoms with Gasteiger partial charge in [-0.25, -0.2) is 0 Å². The fraction of sp³-hybridized carbons (Fsp3) is 0.286. The number of para-hydroxylation sites is 2.